The van der Waals surface area contributed by atoms with Crippen molar-refractivity contribution in [1.29, 1.82) is 0 Å². The lowest BCUT2D eigenvalue weighted by Crippen LogP contribution is -2.32. The van der Waals surface area contributed by atoms with Crippen molar-refractivity contribution in [3.63, 3.8) is 0 Å². The molecule has 2 nitrogen and oxygen atoms in total. The Morgan fingerprint density at radius 1 is 0.610 bits per heavy atom. The Labute approximate surface area is 226 Å². The molecule has 0 aliphatic heterocycles. The lowest BCUT2D eigenvalue weighted by molar-refractivity contribution is -0.196. The van der Waals surface area contributed by atoms with E-state index < -0.39 is 93.0 Å². The molecule has 0 heterocycles. The van der Waals surface area contributed by atoms with Gasteiger partial charge in [0.1, 0.15) is 11.6 Å². The molecule has 0 aliphatic rings. The highest BCUT2D eigenvalue weighted by atomic mass is 19.3. The maximum atomic E-state index is 14.6. The van der Waals surface area contributed by atoms with Gasteiger partial charge in [0.15, 0.2) is 53.1 Å². The van der Waals surface area contributed by atoms with Gasteiger partial charge >= 0.3 is 6.11 Å². The molecule has 0 aromatic heterocycles. The molecule has 0 radical (unpaired) electrons. The summed E-state index contributed by atoms with van der Waals surface area (Å²) >= 11 is 0. The van der Waals surface area contributed by atoms with Crippen molar-refractivity contribution in [3.8, 4) is 33.8 Å². The van der Waals surface area contributed by atoms with E-state index in [9.17, 15) is 43.9 Å². The van der Waals surface area contributed by atoms with Crippen molar-refractivity contribution in [2.75, 3.05) is 6.61 Å². The van der Waals surface area contributed by atoms with Crippen molar-refractivity contribution in [2.24, 2.45) is 0 Å². The standard InChI is InChI=1S/C29H18F10O2/c1-2-3-14-4-6-19(26(36)25(14)35)16-10-23(33)28(24(34)11-16)40-13-29(38,39)41-17-5-7-18(20(30)12-17)15-8-21(31)27(37)22(32)9-15/h4-12H,2-3,13H2,1H3. The van der Waals surface area contributed by atoms with Gasteiger partial charge in [-0.25, -0.2) is 35.1 Å². The van der Waals surface area contributed by atoms with Gasteiger partial charge in [-0.05, 0) is 59.5 Å². The monoisotopic (exact) mass is 588 g/mol. The summed E-state index contributed by atoms with van der Waals surface area (Å²) < 4.78 is 150. The number of ether oxygens (including phenoxy) is 2. The summed E-state index contributed by atoms with van der Waals surface area (Å²) in [5.74, 6) is -13.8. The molecule has 0 bridgehead atoms. The smallest absolute Gasteiger partial charge is 0.433 e. The fourth-order valence-corrected chi connectivity index (χ4v) is 3.99. The van der Waals surface area contributed by atoms with Crippen LogP contribution in [0.25, 0.3) is 22.3 Å². The first-order valence-corrected chi connectivity index (χ1v) is 11.9. The van der Waals surface area contributed by atoms with E-state index >= 15 is 0 Å². The number of hydrogen-bond acceptors (Lipinski definition) is 2. The molecule has 12 heteroatoms. The summed E-state index contributed by atoms with van der Waals surface area (Å²) in [6, 6.07) is 6.63. The zero-order chi connectivity index (χ0) is 30.1. The van der Waals surface area contributed by atoms with Crippen molar-refractivity contribution in [2.45, 2.75) is 25.9 Å². The van der Waals surface area contributed by atoms with Crippen LogP contribution in [0.3, 0.4) is 0 Å². The second kappa shape index (κ2) is 11.7. The van der Waals surface area contributed by atoms with Crippen LogP contribution in [-0.2, 0) is 6.42 Å². The second-order valence-corrected chi connectivity index (χ2v) is 8.84. The fraction of sp³-hybridized carbons (Fsp3) is 0.172. The molecule has 0 amide bonds. The summed E-state index contributed by atoms with van der Waals surface area (Å²) in [7, 11) is 0. The zero-order valence-electron chi connectivity index (χ0n) is 20.9. The highest BCUT2D eigenvalue weighted by molar-refractivity contribution is 5.66. The summed E-state index contributed by atoms with van der Waals surface area (Å²) in [6.07, 6.45) is -3.51. The molecule has 4 aromatic rings. The normalized spacial score (nSPS) is 11.6. The summed E-state index contributed by atoms with van der Waals surface area (Å²) in [5, 5.41) is 0. The molecule has 4 rings (SSSR count). The van der Waals surface area contributed by atoms with Crippen LogP contribution in [0.15, 0.2) is 54.6 Å². The number of alkyl halides is 2. The molecule has 0 spiro atoms. The van der Waals surface area contributed by atoms with Gasteiger partial charge in [-0.1, -0.05) is 25.5 Å². The van der Waals surface area contributed by atoms with Crippen LogP contribution in [0, 0.1) is 46.5 Å². The molecule has 216 valence electrons. The second-order valence-electron chi connectivity index (χ2n) is 8.84. The third-order valence-electron chi connectivity index (χ3n) is 5.88. The topological polar surface area (TPSA) is 18.5 Å². The first-order chi connectivity index (χ1) is 19.3. The predicted molar refractivity (Wildman–Crippen MR) is 128 cm³/mol. The third-order valence-corrected chi connectivity index (χ3v) is 5.88. The van der Waals surface area contributed by atoms with E-state index in [-0.39, 0.29) is 12.0 Å². The zero-order valence-corrected chi connectivity index (χ0v) is 20.9. The molecule has 4 aromatic carbocycles. The van der Waals surface area contributed by atoms with E-state index in [2.05, 4.69) is 9.47 Å². The van der Waals surface area contributed by atoms with Gasteiger partial charge in [0.05, 0.1) is 0 Å². The van der Waals surface area contributed by atoms with E-state index in [1.165, 1.54) is 6.07 Å². The number of benzene rings is 4. The molecule has 0 atom stereocenters. The highest BCUT2D eigenvalue weighted by Crippen LogP contribution is 2.34. The van der Waals surface area contributed by atoms with Gasteiger partial charge in [-0.15, -0.1) is 0 Å². The SMILES string of the molecule is CCCc1ccc(-c2cc(F)c(OCC(F)(F)Oc3ccc(-c4cc(F)c(F)c(F)c4)c(F)c3)c(F)c2)c(F)c1F. The van der Waals surface area contributed by atoms with Crippen molar-refractivity contribution >= 4 is 0 Å². The van der Waals surface area contributed by atoms with E-state index in [0.717, 1.165) is 18.2 Å². The first-order valence-electron chi connectivity index (χ1n) is 11.9. The van der Waals surface area contributed by atoms with E-state index in [0.29, 0.717) is 36.8 Å². The maximum Gasteiger partial charge on any atom is 0.433 e. The molecule has 0 N–H and O–H groups in total. The summed E-state index contributed by atoms with van der Waals surface area (Å²) in [4.78, 5) is 0. The van der Waals surface area contributed by atoms with Crippen LogP contribution in [0.5, 0.6) is 11.5 Å². The fourth-order valence-electron chi connectivity index (χ4n) is 3.99. The van der Waals surface area contributed by atoms with E-state index in [1.54, 1.807) is 6.92 Å². The average Bonchev–Trinajstić information content (AvgIpc) is 2.89. The summed E-state index contributed by atoms with van der Waals surface area (Å²) in [6.45, 7) is -0.00743. The number of aryl methyl sites for hydroxylation is 1. The number of hydrogen-bond donors (Lipinski definition) is 0. The lowest BCUT2D eigenvalue weighted by Gasteiger charge is -2.19. The Hall–Kier alpha value is -4.22. The average molecular weight is 588 g/mol. The number of rotatable bonds is 9. The molecule has 0 saturated heterocycles. The minimum atomic E-state index is -4.27. The van der Waals surface area contributed by atoms with Crippen LogP contribution in [0.4, 0.5) is 43.9 Å². The highest BCUT2D eigenvalue weighted by Gasteiger charge is 2.34. The van der Waals surface area contributed by atoms with Crippen LogP contribution in [0.2, 0.25) is 0 Å². The van der Waals surface area contributed by atoms with Crippen molar-refractivity contribution in [3.05, 3.63) is 107 Å². The van der Waals surface area contributed by atoms with Gasteiger partial charge < -0.3 is 9.47 Å². The number of halogens is 10. The molecule has 0 fully saturated rings. The molecule has 0 saturated carbocycles. The minimum absolute atomic E-state index is 0.0737. The van der Waals surface area contributed by atoms with Crippen LogP contribution in [0.1, 0.15) is 18.9 Å². The Morgan fingerprint density at radius 2 is 1.17 bits per heavy atom. The lowest BCUT2D eigenvalue weighted by atomic mass is 10.00. The van der Waals surface area contributed by atoms with E-state index in [1.807, 2.05) is 0 Å². The Morgan fingerprint density at radius 3 is 1.76 bits per heavy atom. The Bertz CT molecular complexity index is 1560. The minimum Gasteiger partial charge on any atom is -0.477 e. The van der Waals surface area contributed by atoms with Crippen LogP contribution < -0.4 is 9.47 Å². The van der Waals surface area contributed by atoms with Crippen LogP contribution >= 0.6 is 0 Å². The van der Waals surface area contributed by atoms with Gasteiger partial charge in [0.2, 0.25) is 0 Å². The van der Waals surface area contributed by atoms with Gasteiger partial charge in [-0.2, -0.15) is 8.78 Å². The van der Waals surface area contributed by atoms with Crippen molar-refractivity contribution < 1.29 is 53.4 Å². The quantitative estimate of drug-likeness (QED) is 0.143. The first kappa shape index (κ1) is 29.8. The Kier molecular flexibility index (Phi) is 8.50. The molecule has 0 aliphatic carbocycles. The van der Waals surface area contributed by atoms with Gasteiger partial charge in [-0.3, -0.25) is 0 Å². The molecule has 0 unspecified atom stereocenters. The maximum absolute atomic E-state index is 14.6. The summed E-state index contributed by atoms with van der Waals surface area (Å²) in [5.41, 5.74) is -1.68. The Balaban J connectivity index is 1.49. The van der Waals surface area contributed by atoms with Crippen LogP contribution in [-0.4, -0.2) is 12.7 Å². The third kappa shape index (κ3) is 6.41. The van der Waals surface area contributed by atoms with Gasteiger partial charge in [0, 0.05) is 17.2 Å². The molecular weight excluding hydrogens is 570 g/mol. The predicted octanol–water partition coefficient (Wildman–Crippen LogP) is 9.14. The van der Waals surface area contributed by atoms with E-state index in [4.69, 9.17) is 0 Å². The van der Waals surface area contributed by atoms with Gasteiger partial charge in [0.25, 0.3) is 0 Å². The molecular formula is C29H18F10O2. The van der Waals surface area contributed by atoms with Crippen molar-refractivity contribution in [1.82, 2.24) is 0 Å². The molecule has 41 heavy (non-hydrogen) atoms. The largest absolute Gasteiger partial charge is 0.477 e.